The second-order valence-corrected chi connectivity index (χ2v) is 6.69. The largest absolute Gasteiger partial charge is 0.424 e. The number of hydrogen-bond donors (Lipinski definition) is 1. The van der Waals surface area contributed by atoms with Gasteiger partial charge in [-0.25, -0.2) is 4.98 Å². The zero-order valence-corrected chi connectivity index (χ0v) is 14.3. The summed E-state index contributed by atoms with van der Waals surface area (Å²) in [6.07, 6.45) is 0.734. The number of nitriles is 1. The van der Waals surface area contributed by atoms with Crippen molar-refractivity contribution in [3.8, 4) is 6.07 Å². The first-order valence-corrected chi connectivity index (χ1v) is 8.27. The normalized spacial score (nSPS) is 12.6. The van der Waals surface area contributed by atoms with Crippen LogP contribution in [0, 0.1) is 17.2 Å². The summed E-state index contributed by atoms with van der Waals surface area (Å²) in [6, 6.07) is 4.43. The molecule has 0 spiro atoms. The van der Waals surface area contributed by atoms with Gasteiger partial charge in [-0.05, 0) is 42.4 Å². The molecule has 0 saturated heterocycles. The van der Waals surface area contributed by atoms with Gasteiger partial charge in [-0.15, -0.1) is 0 Å². The van der Waals surface area contributed by atoms with E-state index in [9.17, 15) is 5.26 Å². The molecule has 6 heteroatoms. The summed E-state index contributed by atoms with van der Waals surface area (Å²) in [5.74, 6) is 1.53. The molecule has 0 aromatic carbocycles. The number of hydrogen-bond acceptors (Lipinski definition) is 6. The zero-order chi connectivity index (χ0) is 16.1. The Morgan fingerprint density at radius 1 is 1.45 bits per heavy atom. The highest BCUT2D eigenvalue weighted by Gasteiger charge is 2.18. The van der Waals surface area contributed by atoms with Gasteiger partial charge >= 0.3 is 0 Å². The fourth-order valence-electron chi connectivity index (χ4n) is 2.25. The minimum absolute atomic E-state index is 0.219. The van der Waals surface area contributed by atoms with Crippen molar-refractivity contribution < 1.29 is 4.42 Å². The number of oxazole rings is 1. The fraction of sp³-hybridized carbons (Fsp3) is 0.500. The second kappa shape index (κ2) is 7.43. The highest BCUT2D eigenvalue weighted by molar-refractivity contribution is 7.07. The Kier molecular flexibility index (Phi) is 5.58. The van der Waals surface area contributed by atoms with Crippen molar-refractivity contribution in [3.05, 3.63) is 34.0 Å². The molecular formula is C16H22N4OS. The molecule has 2 heterocycles. The summed E-state index contributed by atoms with van der Waals surface area (Å²) in [6.45, 7) is 4.86. The SMILES string of the molecule is CC(C)Cc1nc(C#N)c(NCC(c2ccsc2)N(C)C)o1. The Balaban J connectivity index is 2.09. The Labute approximate surface area is 135 Å². The van der Waals surface area contributed by atoms with E-state index < -0.39 is 0 Å². The highest BCUT2D eigenvalue weighted by Crippen LogP contribution is 2.24. The Bertz CT molecular complexity index is 625. The van der Waals surface area contributed by atoms with Crippen LogP contribution >= 0.6 is 11.3 Å². The average Bonchev–Trinajstić information content (AvgIpc) is 3.08. The summed E-state index contributed by atoms with van der Waals surface area (Å²) in [4.78, 5) is 6.40. The lowest BCUT2D eigenvalue weighted by molar-refractivity contribution is 0.310. The van der Waals surface area contributed by atoms with Gasteiger partial charge in [0, 0.05) is 13.0 Å². The van der Waals surface area contributed by atoms with Crippen LogP contribution in [0.15, 0.2) is 21.2 Å². The third-order valence-electron chi connectivity index (χ3n) is 3.37. The molecule has 0 bridgehead atoms. The molecular weight excluding hydrogens is 296 g/mol. The van der Waals surface area contributed by atoms with E-state index in [1.165, 1.54) is 5.56 Å². The molecule has 1 unspecified atom stereocenters. The molecule has 0 amide bonds. The molecule has 2 aromatic heterocycles. The van der Waals surface area contributed by atoms with Crippen molar-refractivity contribution in [2.75, 3.05) is 26.0 Å². The van der Waals surface area contributed by atoms with Crippen LogP contribution in [0.5, 0.6) is 0 Å². The predicted octanol–water partition coefficient (Wildman–Crippen LogP) is 3.52. The van der Waals surface area contributed by atoms with Gasteiger partial charge in [0.1, 0.15) is 6.07 Å². The molecule has 2 rings (SSSR count). The summed E-state index contributed by atoms with van der Waals surface area (Å²) < 4.78 is 5.70. The van der Waals surface area contributed by atoms with Crippen LogP contribution in [0.25, 0.3) is 0 Å². The first kappa shape index (κ1) is 16.5. The van der Waals surface area contributed by atoms with Gasteiger partial charge in [0.15, 0.2) is 5.89 Å². The first-order valence-electron chi connectivity index (χ1n) is 7.33. The van der Waals surface area contributed by atoms with Gasteiger partial charge in [0.2, 0.25) is 11.6 Å². The van der Waals surface area contributed by atoms with Crippen LogP contribution in [0.1, 0.15) is 37.0 Å². The summed E-state index contributed by atoms with van der Waals surface area (Å²) >= 11 is 1.68. The molecule has 0 aliphatic carbocycles. The molecule has 1 N–H and O–H groups in total. The Morgan fingerprint density at radius 3 is 2.77 bits per heavy atom. The lowest BCUT2D eigenvalue weighted by atomic mass is 10.1. The maximum absolute atomic E-state index is 9.20. The van der Waals surface area contributed by atoms with E-state index in [4.69, 9.17) is 4.42 Å². The number of likely N-dealkylation sites (N-methyl/N-ethyl adjacent to an activating group) is 1. The Hall–Kier alpha value is -1.84. The third-order valence-corrected chi connectivity index (χ3v) is 4.07. The quantitative estimate of drug-likeness (QED) is 0.846. The average molecular weight is 318 g/mol. The first-order chi connectivity index (χ1) is 10.5. The van der Waals surface area contributed by atoms with Crippen LogP contribution < -0.4 is 5.32 Å². The predicted molar refractivity (Wildman–Crippen MR) is 89.0 cm³/mol. The second-order valence-electron chi connectivity index (χ2n) is 5.91. The fourth-order valence-corrected chi connectivity index (χ4v) is 2.96. The van der Waals surface area contributed by atoms with Crippen LogP contribution in [0.4, 0.5) is 5.88 Å². The lowest BCUT2D eigenvalue weighted by Gasteiger charge is -2.23. The van der Waals surface area contributed by atoms with Crippen LogP contribution in [-0.4, -0.2) is 30.5 Å². The van der Waals surface area contributed by atoms with E-state index in [1.807, 2.05) is 14.1 Å². The third kappa shape index (κ3) is 4.09. The minimum Gasteiger partial charge on any atom is -0.424 e. The number of thiophene rings is 1. The van der Waals surface area contributed by atoms with Crippen LogP contribution in [0.2, 0.25) is 0 Å². The smallest absolute Gasteiger partial charge is 0.232 e. The van der Waals surface area contributed by atoms with E-state index >= 15 is 0 Å². The molecule has 0 radical (unpaired) electrons. The number of aromatic nitrogens is 1. The summed E-state index contributed by atoms with van der Waals surface area (Å²) in [7, 11) is 4.08. The standard InChI is InChI=1S/C16H22N4OS/c1-11(2)7-15-19-13(8-17)16(21-15)18-9-14(20(3)4)12-5-6-22-10-12/h5-6,10-11,14,18H,7,9H2,1-4H3. The lowest BCUT2D eigenvalue weighted by Crippen LogP contribution is -2.26. The van der Waals surface area contributed by atoms with Gasteiger partial charge in [-0.2, -0.15) is 16.6 Å². The summed E-state index contributed by atoms with van der Waals surface area (Å²) in [5.41, 5.74) is 1.58. The number of rotatable bonds is 7. The molecule has 1 atom stereocenters. The number of nitrogens with one attached hydrogen (secondary N) is 1. The van der Waals surface area contributed by atoms with Crippen molar-refractivity contribution in [1.29, 1.82) is 5.26 Å². The maximum Gasteiger partial charge on any atom is 0.232 e. The molecule has 0 fully saturated rings. The molecule has 118 valence electrons. The number of nitrogens with zero attached hydrogens (tertiary/aromatic N) is 3. The van der Waals surface area contributed by atoms with Crippen molar-refractivity contribution >= 4 is 17.2 Å². The molecule has 2 aromatic rings. The molecule has 0 saturated carbocycles. The van der Waals surface area contributed by atoms with E-state index in [-0.39, 0.29) is 6.04 Å². The van der Waals surface area contributed by atoms with Crippen molar-refractivity contribution in [2.45, 2.75) is 26.3 Å². The zero-order valence-electron chi connectivity index (χ0n) is 13.5. The van der Waals surface area contributed by atoms with Crippen LogP contribution in [-0.2, 0) is 6.42 Å². The van der Waals surface area contributed by atoms with E-state index in [1.54, 1.807) is 11.3 Å². The van der Waals surface area contributed by atoms with Gasteiger partial charge in [-0.3, -0.25) is 0 Å². The van der Waals surface area contributed by atoms with E-state index in [0.717, 1.165) is 6.42 Å². The maximum atomic E-state index is 9.20. The van der Waals surface area contributed by atoms with Crippen LogP contribution in [0.3, 0.4) is 0 Å². The van der Waals surface area contributed by atoms with Crippen molar-refractivity contribution in [3.63, 3.8) is 0 Å². The van der Waals surface area contributed by atoms with Crippen molar-refractivity contribution in [1.82, 2.24) is 9.88 Å². The monoisotopic (exact) mass is 318 g/mol. The van der Waals surface area contributed by atoms with Crippen molar-refractivity contribution in [2.24, 2.45) is 5.92 Å². The molecule has 0 aliphatic rings. The van der Waals surface area contributed by atoms with E-state index in [2.05, 4.69) is 51.9 Å². The van der Waals surface area contributed by atoms with Gasteiger partial charge in [0.05, 0.1) is 6.04 Å². The van der Waals surface area contributed by atoms with Gasteiger partial charge in [0.25, 0.3) is 0 Å². The molecule has 5 nitrogen and oxygen atoms in total. The van der Waals surface area contributed by atoms with Gasteiger partial charge < -0.3 is 14.6 Å². The Morgan fingerprint density at radius 2 is 2.23 bits per heavy atom. The topological polar surface area (TPSA) is 65.1 Å². The van der Waals surface area contributed by atoms with E-state index in [0.29, 0.717) is 29.9 Å². The minimum atomic E-state index is 0.219. The molecule has 0 aliphatic heterocycles. The number of anilines is 1. The summed E-state index contributed by atoms with van der Waals surface area (Å²) in [5, 5.41) is 16.7. The highest BCUT2D eigenvalue weighted by atomic mass is 32.1. The van der Waals surface area contributed by atoms with Gasteiger partial charge in [-0.1, -0.05) is 13.8 Å². The molecule has 22 heavy (non-hydrogen) atoms.